The number of carbonyl (C=O) groups is 2. The van der Waals surface area contributed by atoms with Crippen LogP contribution >= 0.6 is 0 Å². The van der Waals surface area contributed by atoms with Crippen LogP contribution in [0.3, 0.4) is 0 Å². The lowest BCUT2D eigenvalue weighted by Crippen LogP contribution is -2.45. The van der Waals surface area contributed by atoms with Crippen LogP contribution in [0.1, 0.15) is 48.7 Å². The summed E-state index contributed by atoms with van der Waals surface area (Å²) < 4.78 is 1.82. The van der Waals surface area contributed by atoms with Crippen LogP contribution in [0.4, 0.5) is 0 Å². The van der Waals surface area contributed by atoms with Crippen molar-refractivity contribution in [2.24, 2.45) is 0 Å². The Morgan fingerprint density at radius 3 is 3.10 bits per heavy atom. The highest BCUT2D eigenvalue weighted by Gasteiger charge is 2.24. The molecule has 2 heterocycles. The molecule has 2 rings (SSSR count). The molecule has 1 fully saturated rings. The van der Waals surface area contributed by atoms with E-state index in [-0.39, 0.29) is 11.8 Å². The van der Waals surface area contributed by atoms with Gasteiger partial charge in [-0.3, -0.25) is 14.3 Å². The van der Waals surface area contributed by atoms with Crippen molar-refractivity contribution in [2.45, 2.75) is 52.1 Å². The van der Waals surface area contributed by atoms with E-state index >= 15 is 0 Å². The fourth-order valence-electron chi connectivity index (χ4n) is 2.42. The second-order valence-corrected chi connectivity index (χ2v) is 5.18. The lowest BCUT2D eigenvalue weighted by atomic mass is 10.1. The highest BCUT2D eigenvalue weighted by Crippen LogP contribution is 2.10. The van der Waals surface area contributed by atoms with Crippen LogP contribution in [0, 0.1) is 6.92 Å². The lowest BCUT2D eigenvalue weighted by Gasteiger charge is -2.15. The maximum absolute atomic E-state index is 12.3. The molecule has 1 aliphatic rings. The highest BCUT2D eigenvalue weighted by atomic mass is 16.2. The summed E-state index contributed by atoms with van der Waals surface area (Å²) in [6, 6.07) is -0.432. The molecule has 2 amide bonds. The molecule has 20 heavy (non-hydrogen) atoms. The second-order valence-electron chi connectivity index (χ2n) is 5.18. The Labute approximate surface area is 118 Å². The molecule has 1 saturated heterocycles. The molecule has 0 aromatic carbocycles. The van der Waals surface area contributed by atoms with E-state index in [1.54, 1.807) is 6.20 Å². The van der Waals surface area contributed by atoms with Gasteiger partial charge in [0.2, 0.25) is 5.91 Å². The van der Waals surface area contributed by atoms with Crippen LogP contribution in [0.25, 0.3) is 0 Å². The van der Waals surface area contributed by atoms with E-state index in [0.717, 1.165) is 31.5 Å². The van der Waals surface area contributed by atoms with Crippen molar-refractivity contribution in [2.75, 3.05) is 6.54 Å². The molecule has 0 radical (unpaired) electrons. The van der Waals surface area contributed by atoms with Crippen molar-refractivity contribution in [3.8, 4) is 0 Å². The molecule has 1 aromatic rings. The third-order valence-electron chi connectivity index (χ3n) is 3.62. The van der Waals surface area contributed by atoms with Gasteiger partial charge in [-0.2, -0.15) is 5.10 Å². The van der Waals surface area contributed by atoms with E-state index in [1.807, 2.05) is 11.6 Å². The number of carbonyl (C=O) groups excluding carboxylic acids is 2. The van der Waals surface area contributed by atoms with Gasteiger partial charge in [-0.05, 0) is 32.6 Å². The first-order valence-electron chi connectivity index (χ1n) is 7.24. The number of nitrogens with one attached hydrogen (secondary N) is 2. The van der Waals surface area contributed by atoms with Crippen LogP contribution in [-0.2, 0) is 11.3 Å². The Balaban J connectivity index is 2.05. The second kappa shape index (κ2) is 6.54. The Hall–Kier alpha value is -1.85. The molecule has 110 valence electrons. The monoisotopic (exact) mass is 278 g/mol. The summed E-state index contributed by atoms with van der Waals surface area (Å²) in [5.74, 6) is -0.304. The first-order valence-corrected chi connectivity index (χ1v) is 7.24. The van der Waals surface area contributed by atoms with E-state index in [9.17, 15) is 9.59 Å². The smallest absolute Gasteiger partial charge is 0.255 e. The van der Waals surface area contributed by atoms with Gasteiger partial charge in [0.25, 0.3) is 5.91 Å². The molecular formula is C14H22N4O2. The number of amides is 2. The third kappa shape index (κ3) is 3.18. The quantitative estimate of drug-likeness (QED) is 0.862. The molecular weight excluding hydrogens is 256 g/mol. The van der Waals surface area contributed by atoms with E-state index < -0.39 is 6.04 Å². The summed E-state index contributed by atoms with van der Waals surface area (Å²) in [7, 11) is 0. The number of aromatic nitrogens is 2. The SMILES string of the molecule is CCCn1ncc(C(=O)N[C@H]2CCCCNC2=O)c1C. The van der Waals surface area contributed by atoms with Crippen molar-refractivity contribution >= 4 is 11.8 Å². The third-order valence-corrected chi connectivity index (χ3v) is 3.62. The molecule has 1 atom stereocenters. The normalized spacial score (nSPS) is 19.3. The highest BCUT2D eigenvalue weighted by molar-refractivity contribution is 5.98. The first kappa shape index (κ1) is 14.6. The van der Waals surface area contributed by atoms with Crippen molar-refractivity contribution in [3.63, 3.8) is 0 Å². The van der Waals surface area contributed by atoms with Crippen molar-refractivity contribution in [1.29, 1.82) is 0 Å². The summed E-state index contributed by atoms with van der Waals surface area (Å²) in [4.78, 5) is 24.1. The molecule has 1 aliphatic heterocycles. The number of aryl methyl sites for hydroxylation is 1. The minimum absolute atomic E-state index is 0.0885. The standard InChI is InChI=1S/C14H22N4O2/c1-3-8-18-10(2)11(9-16-18)13(19)17-12-6-4-5-7-15-14(12)20/h9,12H,3-8H2,1-2H3,(H,15,20)(H,17,19)/t12-/m0/s1. The summed E-state index contributed by atoms with van der Waals surface area (Å²) in [6.45, 7) is 5.43. The number of hydrogen-bond acceptors (Lipinski definition) is 3. The lowest BCUT2D eigenvalue weighted by molar-refractivity contribution is -0.122. The fraction of sp³-hybridized carbons (Fsp3) is 0.643. The fourth-order valence-corrected chi connectivity index (χ4v) is 2.42. The van der Waals surface area contributed by atoms with Crippen LogP contribution in [0.5, 0.6) is 0 Å². The number of hydrogen-bond donors (Lipinski definition) is 2. The predicted octanol–water partition coefficient (Wildman–Crippen LogP) is 1.00. The van der Waals surface area contributed by atoms with Crippen LogP contribution < -0.4 is 10.6 Å². The summed E-state index contributed by atoms with van der Waals surface area (Å²) >= 11 is 0. The number of nitrogens with zero attached hydrogens (tertiary/aromatic N) is 2. The van der Waals surface area contributed by atoms with E-state index in [0.29, 0.717) is 18.5 Å². The van der Waals surface area contributed by atoms with Gasteiger partial charge in [0.05, 0.1) is 11.8 Å². The molecule has 0 spiro atoms. The van der Waals surface area contributed by atoms with Gasteiger partial charge >= 0.3 is 0 Å². The topological polar surface area (TPSA) is 76.0 Å². The summed E-state index contributed by atoms with van der Waals surface area (Å²) in [5.41, 5.74) is 1.40. The Morgan fingerprint density at radius 2 is 2.35 bits per heavy atom. The first-order chi connectivity index (χ1) is 9.63. The summed E-state index contributed by atoms with van der Waals surface area (Å²) in [5, 5.41) is 9.85. The van der Waals surface area contributed by atoms with Gasteiger partial charge in [-0.25, -0.2) is 0 Å². The minimum atomic E-state index is -0.432. The molecule has 0 unspecified atom stereocenters. The largest absolute Gasteiger partial charge is 0.354 e. The Morgan fingerprint density at radius 1 is 1.55 bits per heavy atom. The zero-order valence-electron chi connectivity index (χ0n) is 12.1. The average Bonchev–Trinajstić information content (AvgIpc) is 2.66. The van der Waals surface area contributed by atoms with Gasteiger partial charge in [-0.15, -0.1) is 0 Å². The number of rotatable bonds is 4. The average molecular weight is 278 g/mol. The van der Waals surface area contributed by atoms with E-state index in [1.165, 1.54) is 0 Å². The summed E-state index contributed by atoms with van der Waals surface area (Å²) in [6.07, 6.45) is 5.15. The van der Waals surface area contributed by atoms with Gasteiger partial charge in [-0.1, -0.05) is 6.92 Å². The predicted molar refractivity (Wildman–Crippen MR) is 75.4 cm³/mol. The van der Waals surface area contributed by atoms with Gasteiger partial charge < -0.3 is 10.6 Å². The van der Waals surface area contributed by atoms with Gasteiger partial charge in [0, 0.05) is 18.8 Å². The van der Waals surface area contributed by atoms with Crippen molar-refractivity contribution in [3.05, 3.63) is 17.5 Å². The Bertz CT molecular complexity index is 495. The molecule has 2 N–H and O–H groups in total. The molecule has 6 heteroatoms. The maximum atomic E-state index is 12.3. The molecule has 1 aromatic heterocycles. The van der Waals surface area contributed by atoms with Crippen molar-refractivity contribution in [1.82, 2.24) is 20.4 Å². The molecule has 0 bridgehead atoms. The van der Waals surface area contributed by atoms with Crippen LogP contribution in [-0.4, -0.2) is 34.2 Å². The maximum Gasteiger partial charge on any atom is 0.255 e. The molecule has 6 nitrogen and oxygen atoms in total. The minimum Gasteiger partial charge on any atom is -0.354 e. The van der Waals surface area contributed by atoms with E-state index in [4.69, 9.17) is 0 Å². The van der Waals surface area contributed by atoms with Crippen molar-refractivity contribution < 1.29 is 9.59 Å². The zero-order valence-corrected chi connectivity index (χ0v) is 12.1. The van der Waals surface area contributed by atoms with Gasteiger partial charge in [0.1, 0.15) is 6.04 Å². The Kier molecular flexibility index (Phi) is 4.76. The molecule has 0 saturated carbocycles. The zero-order chi connectivity index (χ0) is 14.5. The van der Waals surface area contributed by atoms with Crippen LogP contribution in [0.15, 0.2) is 6.20 Å². The van der Waals surface area contributed by atoms with Gasteiger partial charge in [0.15, 0.2) is 0 Å². The molecule has 0 aliphatic carbocycles. The van der Waals surface area contributed by atoms with E-state index in [2.05, 4.69) is 22.7 Å². The van der Waals surface area contributed by atoms with Crippen LogP contribution in [0.2, 0.25) is 0 Å².